The van der Waals surface area contributed by atoms with Crippen LogP contribution in [0, 0.1) is 26.0 Å². The number of para-hydroxylation sites is 1. The minimum atomic E-state index is 0. The van der Waals surface area contributed by atoms with Crippen LogP contribution in [-0.2, 0) is 20.1 Å². The summed E-state index contributed by atoms with van der Waals surface area (Å²) in [4.78, 5) is 8.83. The number of nitrogens with zero attached hydrogens (tertiary/aromatic N) is 2. The van der Waals surface area contributed by atoms with Gasteiger partial charge in [0.05, 0.1) is 5.58 Å². The number of hydrogen-bond acceptors (Lipinski definition) is 3. The summed E-state index contributed by atoms with van der Waals surface area (Å²) in [5.41, 5.74) is 10.5. The number of aryl methyl sites for hydroxylation is 2. The molecule has 1 atom stereocenters. The van der Waals surface area contributed by atoms with E-state index in [0.717, 1.165) is 44.5 Å². The second-order valence-corrected chi connectivity index (χ2v) is 10.3. The van der Waals surface area contributed by atoms with E-state index in [4.69, 9.17) is 4.42 Å². The topological polar surface area (TPSA) is 38.9 Å². The summed E-state index contributed by atoms with van der Waals surface area (Å²) < 4.78 is 6.44. The zero-order chi connectivity index (χ0) is 28.2. The molecule has 0 saturated carbocycles. The summed E-state index contributed by atoms with van der Waals surface area (Å²) in [6, 6.07) is 43.6. The van der Waals surface area contributed by atoms with Crippen molar-refractivity contribution < 1.29 is 24.5 Å². The van der Waals surface area contributed by atoms with Crippen LogP contribution in [0.2, 0.25) is 0 Å². The van der Waals surface area contributed by atoms with Crippen molar-refractivity contribution in [2.75, 3.05) is 0 Å². The summed E-state index contributed by atoms with van der Waals surface area (Å²) in [5.74, 6) is 0.248. The fourth-order valence-corrected chi connectivity index (χ4v) is 5.04. The van der Waals surface area contributed by atoms with Gasteiger partial charge in [0.1, 0.15) is 5.58 Å². The van der Waals surface area contributed by atoms with Crippen LogP contribution < -0.4 is 0 Å². The molecule has 7 rings (SSSR count). The number of aromatic nitrogens is 2. The Morgan fingerprint density at radius 2 is 1.45 bits per heavy atom. The largest absolute Gasteiger partial charge is 0.500 e. The predicted octanol–water partition coefficient (Wildman–Crippen LogP) is 9.76. The van der Waals surface area contributed by atoms with Gasteiger partial charge in [-0.1, -0.05) is 97.6 Å². The zero-order valence-corrected chi connectivity index (χ0v) is 26.2. The standard InChI is InChI=1S/C25H18NO.C13H12N.Ir/c1-17(18-9-3-2-4-10-18)19-11-7-12-20-21-13-8-14-22(25(21)27-24(19)20)23-15-5-6-16-26-23;1-10-3-6-12(7-4-10)13-8-5-11(2)9-14-13;/h2-13,15-17H,1H3;3-6,8-9H,1-2H3;/q2*-1;. The van der Waals surface area contributed by atoms with Gasteiger partial charge in [0, 0.05) is 49.4 Å². The molecule has 1 unspecified atom stereocenters. The van der Waals surface area contributed by atoms with Crippen LogP contribution in [0.3, 0.4) is 0 Å². The zero-order valence-electron chi connectivity index (χ0n) is 23.8. The summed E-state index contributed by atoms with van der Waals surface area (Å²) >= 11 is 0. The average Bonchev–Trinajstić information content (AvgIpc) is 3.42. The molecule has 0 aliphatic heterocycles. The molecule has 0 aliphatic carbocycles. The Kier molecular flexibility index (Phi) is 9.07. The van der Waals surface area contributed by atoms with Crippen molar-refractivity contribution in [2.24, 2.45) is 0 Å². The molecule has 1 radical (unpaired) electrons. The van der Waals surface area contributed by atoms with Gasteiger partial charge in [-0.3, -0.25) is 0 Å². The molecule has 209 valence electrons. The van der Waals surface area contributed by atoms with E-state index in [1.165, 1.54) is 22.3 Å². The number of fused-ring (bicyclic) bond motifs is 3. The van der Waals surface area contributed by atoms with Crippen molar-refractivity contribution in [3.8, 4) is 22.5 Å². The van der Waals surface area contributed by atoms with Crippen LogP contribution in [-0.4, -0.2) is 9.97 Å². The third kappa shape index (κ3) is 6.11. The van der Waals surface area contributed by atoms with Gasteiger partial charge in [-0.15, -0.1) is 53.6 Å². The van der Waals surface area contributed by atoms with E-state index >= 15 is 0 Å². The molecule has 0 saturated heterocycles. The third-order valence-electron chi connectivity index (χ3n) is 7.33. The second kappa shape index (κ2) is 13.1. The van der Waals surface area contributed by atoms with Gasteiger partial charge >= 0.3 is 0 Å². The Labute approximate surface area is 260 Å². The maximum absolute atomic E-state index is 6.44. The van der Waals surface area contributed by atoms with Crippen LogP contribution in [0.25, 0.3) is 44.5 Å². The molecule has 0 spiro atoms. The van der Waals surface area contributed by atoms with E-state index in [-0.39, 0.29) is 26.0 Å². The Bertz CT molecular complexity index is 1850. The van der Waals surface area contributed by atoms with Crippen molar-refractivity contribution >= 4 is 21.9 Å². The molecule has 42 heavy (non-hydrogen) atoms. The summed E-state index contributed by atoms with van der Waals surface area (Å²) in [5, 5.41) is 2.24. The monoisotopic (exact) mass is 723 g/mol. The quantitative estimate of drug-likeness (QED) is 0.170. The van der Waals surface area contributed by atoms with Gasteiger partial charge < -0.3 is 14.4 Å². The smallest absolute Gasteiger partial charge is 0.124 e. The first-order valence-corrected chi connectivity index (χ1v) is 13.8. The van der Waals surface area contributed by atoms with E-state index < -0.39 is 0 Å². The molecule has 4 aromatic carbocycles. The Hall–Kier alpha value is -4.37. The van der Waals surface area contributed by atoms with E-state index in [9.17, 15) is 0 Å². The first kappa shape index (κ1) is 29.1. The van der Waals surface area contributed by atoms with E-state index in [0.29, 0.717) is 0 Å². The summed E-state index contributed by atoms with van der Waals surface area (Å²) in [6.45, 7) is 6.32. The third-order valence-corrected chi connectivity index (χ3v) is 7.33. The van der Waals surface area contributed by atoms with Crippen molar-refractivity contribution in [3.05, 3.63) is 156 Å². The summed E-state index contributed by atoms with van der Waals surface area (Å²) in [7, 11) is 0. The number of pyridine rings is 2. The molecule has 3 nitrogen and oxygen atoms in total. The van der Waals surface area contributed by atoms with E-state index in [1.807, 2.05) is 61.7 Å². The predicted molar refractivity (Wildman–Crippen MR) is 168 cm³/mol. The Balaban J connectivity index is 0.000000200. The maximum atomic E-state index is 6.44. The van der Waals surface area contributed by atoms with Gasteiger partial charge in [0.25, 0.3) is 0 Å². The molecule has 0 fully saturated rings. The Morgan fingerprint density at radius 1 is 0.667 bits per heavy atom. The van der Waals surface area contributed by atoms with Crippen LogP contribution in [0.1, 0.15) is 35.1 Å². The van der Waals surface area contributed by atoms with E-state index in [1.54, 1.807) is 6.20 Å². The number of benzene rings is 4. The number of furan rings is 1. The molecule has 0 amide bonds. The SMILES string of the molecule is CC(c1ccccc1)c1cccc2c1oc1c(-c3ccccn3)[c-]ccc12.Cc1c[c-]c(-c2ccc(C)cn2)cc1.[Ir]. The molecule has 0 aliphatic rings. The first-order valence-electron chi connectivity index (χ1n) is 13.8. The minimum Gasteiger partial charge on any atom is -0.500 e. The van der Waals surface area contributed by atoms with Crippen molar-refractivity contribution in [3.63, 3.8) is 0 Å². The fourth-order valence-electron chi connectivity index (χ4n) is 5.04. The molecule has 0 N–H and O–H groups in total. The van der Waals surface area contributed by atoms with Crippen molar-refractivity contribution in [2.45, 2.75) is 26.7 Å². The van der Waals surface area contributed by atoms with Crippen LogP contribution in [0.4, 0.5) is 0 Å². The van der Waals surface area contributed by atoms with Crippen LogP contribution in [0.5, 0.6) is 0 Å². The molecular formula is C38H30IrN2O-2. The van der Waals surface area contributed by atoms with Gasteiger partial charge in [0.2, 0.25) is 0 Å². The molecule has 3 aromatic heterocycles. The van der Waals surface area contributed by atoms with Crippen LogP contribution >= 0.6 is 0 Å². The molecule has 0 bridgehead atoms. The van der Waals surface area contributed by atoms with Crippen molar-refractivity contribution in [1.29, 1.82) is 0 Å². The maximum Gasteiger partial charge on any atom is 0.124 e. The molecule has 4 heteroatoms. The van der Waals surface area contributed by atoms with Gasteiger partial charge in [-0.25, -0.2) is 0 Å². The normalized spacial score (nSPS) is 11.4. The van der Waals surface area contributed by atoms with Gasteiger partial charge in [-0.05, 0) is 35.5 Å². The average molecular weight is 723 g/mol. The fraction of sp³-hybridized carbons (Fsp3) is 0.105. The second-order valence-electron chi connectivity index (χ2n) is 10.3. The Morgan fingerprint density at radius 3 is 2.17 bits per heavy atom. The number of hydrogen-bond donors (Lipinski definition) is 0. The van der Waals surface area contributed by atoms with Crippen LogP contribution in [0.15, 0.2) is 126 Å². The molecular weight excluding hydrogens is 693 g/mol. The molecule has 7 aromatic rings. The van der Waals surface area contributed by atoms with Gasteiger partial charge in [-0.2, -0.15) is 0 Å². The van der Waals surface area contributed by atoms with Crippen molar-refractivity contribution in [1.82, 2.24) is 9.97 Å². The number of rotatable bonds is 4. The first-order chi connectivity index (χ1) is 20.1. The minimum absolute atomic E-state index is 0. The summed E-state index contributed by atoms with van der Waals surface area (Å²) in [6.07, 6.45) is 3.68. The van der Waals surface area contributed by atoms with Gasteiger partial charge in [0.15, 0.2) is 0 Å². The molecule has 3 heterocycles. The van der Waals surface area contributed by atoms with E-state index in [2.05, 4.69) is 96.6 Å².